The van der Waals surface area contributed by atoms with E-state index in [-0.39, 0.29) is 25.0 Å². The molecular formula is C24H24N2O4. The Hall–Kier alpha value is -3.67. The molecular weight excluding hydrogens is 380 g/mol. The number of carbonyl (C=O) groups excluding carboxylic acids is 3. The molecule has 0 spiro atoms. The lowest BCUT2D eigenvalue weighted by atomic mass is 10.0. The predicted octanol–water partition coefficient (Wildman–Crippen LogP) is 3.75. The molecule has 0 atom stereocenters. The number of aldehydes is 1. The molecule has 0 aromatic heterocycles. The Balaban J connectivity index is 1.61. The first-order valence-electron chi connectivity index (χ1n) is 9.60. The number of hydrogen-bond donors (Lipinski definition) is 1. The molecule has 30 heavy (non-hydrogen) atoms. The number of aryl methyl sites for hydroxylation is 2. The van der Waals surface area contributed by atoms with Crippen molar-refractivity contribution in [1.29, 1.82) is 0 Å². The van der Waals surface area contributed by atoms with Gasteiger partial charge in [-0.05, 0) is 47.9 Å². The van der Waals surface area contributed by atoms with Gasteiger partial charge in [0.15, 0.2) is 12.9 Å². The second-order valence-corrected chi connectivity index (χ2v) is 7.22. The summed E-state index contributed by atoms with van der Waals surface area (Å²) in [6, 6.07) is 16.8. The maximum atomic E-state index is 12.4. The van der Waals surface area contributed by atoms with Crippen molar-refractivity contribution in [3.05, 3.63) is 71.3 Å². The van der Waals surface area contributed by atoms with E-state index in [1.165, 1.54) is 11.9 Å². The Bertz CT molecular complexity index is 1110. The number of hydrogen-bond acceptors (Lipinski definition) is 4. The lowest BCUT2D eigenvalue weighted by Crippen LogP contribution is -2.37. The van der Waals surface area contributed by atoms with Gasteiger partial charge in [-0.3, -0.25) is 14.4 Å². The maximum Gasteiger partial charge on any atom is 0.260 e. The van der Waals surface area contributed by atoms with Crippen molar-refractivity contribution in [2.45, 2.75) is 13.8 Å². The molecule has 0 heterocycles. The Labute approximate surface area is 175 Å². The van der Waals surface area contributed by atoms with E-state index in [4.69, 9.17) is 4.74 Å². The summed E-state index contributed by atoms with van der Waals surface area (Å²) in [6.07, 6.45) is 0.726. The predicted molar refractivity (Wildman–Crippen MR) is 117 cm³/mol. The monoisotopic (exact) mass is 404 g/mol. The zero-order valence-electron chi connectivity index (χ0n) is 17.3. The van der Waals surface area contributed by atoms with E-state index in [0.717, 1.165) is 33.9 Å². The molecule has 0 aliphatic rings. The first-order valence-corrected chi connectivity index (χ1v) is 9.60. The summed E-state index contributed by atoms with van der Waals surface area (Å²) in [4.78, 5) is 37.6. The van der Waals surface area contributed by atoms with Crippen LogP contribution in [0.4, 0.5) is 5.69 Å². The second kappa shape index (κ2) is 9.22. The molecule has 0 aliphatic carbocycles. The normalized spacial score (nSPS) is 10.5. The molecule has 6 heteroatoms. The molecule has 0 unspecified atom stereocenters. The van der Waals surface area contributed by atoms with Crippen LogP contribution in [0.1, 0.15) is 21.5 Å². The minimum absolute atomic E-state index is 0.103. The molecule has 3 aromatic rings. The highest BCUT2D eigenvalue weighted by Crippen LogP contribution is 2.26. The van der Waals surface area contributed by atoms with Crippen molar-refractivity contribution in [1.82, 2.24) is 4.90 Å². The lowest BCUT2D eigenvalue weighted by molar-refractivity contribution is -0.135. The highest BCUT2D eigenvalue weighted by atomic mass is 16.5. The highest BCUT2D eigenvalue weighted by Gasteiger charge is 2.16. The molecule has 0 bridgehead atoms. The van der Waals surface area contributed by atoms with Crippen LogP contribution < -0.4 is 10.1 Å². The van der Waals surface area contributed by atoms with Crippen LogP contribution in [0.15, 0.2) is 54.6 Å². The fraction of sp³-hybridized carbons (Fsp3) is 0.208. The number of ether oxygens (including phenoxy) is 1. The fourth-order valence-electron chi connectivity index (χ4n) is 3.14. The van der Waals surface area contributed by atoms with E-state index in [2.05, 4.69) is 5.32 Å². The van der Waals surface area contributed by atoms with Crippen molar-refractivity contribution >= 4 is 34.6 Å². The minimum atomic E-state index is -0.365. The summed E-state index contributed by atoms with van der Waals surface area (Å²) in [5, 5.41) is 4.51. The number of amides is 2. The number of carbonyl (C=O) groups is 3. The Morgan fingerprint density at radius 2 is 1.83 bits per heavy atom. The molecule has 0 radical (unpaired) electrons. The van der Waals surface area contributed by atoms with E-state index in [1.807, 2.05) is 62.4 Å². The lowest BCUT2D eigenvalue weighted by Gasteiger charge is -2.18. The van der Waals surface area contributed by atoms with Gasteiger partial charge in [0.1, 0.15) is 5.75 Å². The van der Waals surface area contributed by atoms with Crippen molar-refractivity contribution in [3.8, 4) is 5.75 Å². The maximum absolute atomic E-state index is 12.4. The standard InChI is InChI=1S/C24H24N2O4/c1-16-8-9-17(2)21(12-16)25-23(28)13-26(3)24(29)15-30-22-11-10-18-6-4-5-7-19(18)20(22)14-27/h4-12,14H,13,15H2,1-3H3,(H,25,28). The van der Waals surface area contributed by atoms with E-state index >= 15 is 0 Å². The second-order valence-electron chi connectivity index (χ2n) is 7.22. The SMILES string of the molecule is Cc1ccc(C)c(NC(=O)CN(C)C(=O)COc2ccc3ccccc3c2C=O)c1. The number of anilines is 1. The first-order chi connectivity index (χ1) is 14.4. The van der Waals surface area contributed by atoms with Crippen LogP contribution >= 0.6 is 0 Å². The van der Waals surface area contributed by atoms with E-state index in [9.17, 15) is 14.4 Å². The average Bonchev–Trinajstić information content (AvgIpc) is 2.73. The van der Waals surface area contributed by atoms with Gasteiger partial charge in [0.05, 0.1) is 12.1 Å². The molecule has 3 rings (SSSR count). The Kier molecular flexibility index (Phi) is 6.47. The number of likely N-dealkylation sites (N-methyl/N-ethyl adjacent to an activating group) is 1. The molecule has 3 aromatic carbocycles. The van der Waals surface area contributed by atoms with Crippen molar-refractivity contribution in [2.75, 3.05) is 25.5 Å². The van der Waals surface area contributed by atoms with Crippen LogP contribution in [-0.2, 0) is 9.59 Å². The third-order valence-electron chi connectivity index (χ3n) is 4.87. The topological polar surface area (TPSA) is 75.7 Å². The zero-order valence-corrected chi connectivity index (χ0v) is 17.3. The summed E-state index contributed by atoms with van der Waals surface area (Å²) in [6.45, 7) is 3.48. The van der Waals surface area contributed by atoms with Gasteiger partial charge >= 0.3 is 0 Å². The van der Waals surface area contributed by atoms with Gasteiger partial charge in [-0.25, -0.2) is 0 Å². The minimum Gasteiger partial charge on any atom is -0.483 e. The summed E-state index contributed by atoms with van der Waals surface area (Å²) in [7, 11) is 1.54. The number of rotatable bonds is 7. The van der Waals surface area contributed by atoms with Gasteiger partial charge in [0.2, 0.25) is 5.91 Å². The van der Waals surface area contributed by atoms with Gasteiger partial charge in [0.25, 0.3) is 5.91 Å². The van der Waals surface area contributed by atoms with Gasteiger partial charge in [-0.2, -0.15) is 0 Å². The van der Waals surface area contributed by atoms with Crippen LogP contribution in [0.25, 0.3) is 10.8 Å². The summed E-state index contributed by atoms with van der Waals surface area (Å²) < 4.78 is 5.60. The molecule has 0 saturated heterocycles. The van der Waals surface area contributed by atoms with Crippen molar-refractivity contribution in [2.24, 2.45) is 0 Å². The first kappa shape index (κ1) is 21.0. The van der Waals surface area contributed by atoms with Gasteiger partial charge in [0, 0.05) is 12.7 Å². The van der Waals surface area contributed by atoms with Gasteiger partial charge in [-0.15, -0.1) is 0 Å². The van der Waals surface area contributed by atoms with Crippen LogP contribution in [0.5, 0.6) is 5.75 Å². The van der Waals surface area contributed by atoms with E-state index in [0.29, 0.717) is 11.3 Å². The largest absolute Gasteiger partial charge is 0.483 e. The zero-order chi connectivity index (χ0) is 21.7. The molecule has 1 N–H and O–H groups in total. The number of nitrogens with one attached hydrogen (secondary N) is 1. The number of nitrogens with zero attached hydrogens (tertiary/aromatic N) is 1. The van der Waals surface area contributed by atoms with Crippen LogP contribution in [0.3, 0.4) is 0 Å². The third-order valence-corrected chi connectivity index (χ3v) is 4.87. The smallest absolute Gasteiger partial charge is 0.260 e. The van der Waals surface area contributed by atoms with Crippen LogP contribution in [0, 0.1) is 13.8 Å². The average molecular weight is 404 g/mol. The summed E-state index contributed by atoms with van der Waals surface area (Å²) in [5.74, 6) is -0.319. The van der Waals surface area contributed by atoms with Gasteiger partial charge in [-0.1, -0.05) is 42.5 Å². The molecule has 0 fully saturated rings. The van der Waals surface area contributed by atoms with Crippen molar-refractivity contribution in [3.63, 3.8) is 0 Å². The summed E-state index contributed by atoms with van der Waals surface area (Å²) in [5.41, 5.74) is 3.11. The van der Waals surface area contributed by atoms with E-state index < -0.39 is 0 Å². The molecule has 0 saturated carbocycles. The Morgan fingerprint density at radius 3 is 2.60 bits per heavy atom. The van der Waals surface area contributed by atoms with Gasteiger partial charge < -0.3 is 15.0 Å². The van der Waals surface area contributed by atoms with E-state index in [1.54, 1.807) is 6.07 Å². The van der Waals surface area contributed by atoms with Crippen LogP contribution in [-0.4, -0.2) is 43.2 Å². The van der Waals surface area contributed by atoms with Crippen LogP contribution in [0.2, 0.25) is 0 Å². The third kappa shape index (κ3) is 4.84. The molecule has 6 nitrogen and oxygen atoms in total. The summed E-state index contributed by atoms with van der Waals surface area (Å²) >= 11 is 0. The molecule has 154 valence electrons. The number of benzene rings is 3. The highest BCUT2D eigenvalue weighted by molar-refractivity contribution is 6.01. The Morgan fingerprint density at radius 1 is 1.07 bits per heavy atom. The van der Waals surface area contributed by atoms with Crippen molar-refractivity contribution < 1.29 is 19.1 Å². The fourth-order valence-corrected chi connectivity index (χ4v) is 3.14. The molecule has 2 amide bonds. The quantitative estimate of drug-likeness (QED) is 0.609. The molecule has 0 aliphatic heterocycles. The number of fused-ring (bicyclic) bond motifs is 1.